The molecule has 0 aromatic carbocycles. The molecule has 6 unspecified atom stereocenters. The molecule has 0 aliphatic heterocycles. The molecule has 8 rings (SSSR count). The van der Waals surface area contributed by atoms with Crippen molar-refractivity contribution in [2.75, 3.05) is 0 Å². The van der Waals surface area contributed by atoms with Gasteiger partial charge in [-0.1, -0.05) is 20.8 Å². The van der Waals surface area contributed by atoms with Gasteiger partial charge < -0.3 is 14.9 Å². The highest BCUT2D eigenvalue weighted by Crippen LogP contribution is 2.68. The molecule has 8 bridgehead atoms. The second kappa shape index (κ2) is 9.87. The first kappa shape index (κ1) is 30.3. The summed E-state index contributed by atoms with van der Waals surface area (Å²) in [5.41, 5.74) is -2.67. The SMILES string of the molecule is CC(CC(CC(C)(C)C(=O)O)C(=O)OC12CC3CC(C1)C(=O)C(C3)C2)C(=O)CC(C)(C)C12CC3CC(CC(O)(C3)C1)C2. The third-order valence-electron chi connectivity index (χ3n) is 13.2. The molecule has 7 heteroatoms. The largest absolute Gasteiger partial charge is 0.481 e. The molecule has 6 atom stereocenters. The fraction of sp³-hybridized carbons (Fsp3) is 0.886. The molecule has 0 aromatic heterocycles. The van der Waals surface area contributed by atoms with E-state index < -0.39 is 40.4 Å². The average molecular weight is 585 g/mol. The Morgan fingerprint density at radius 2 is 1.50 bits per heavy atom. The van der Waals surface area contributed by atoms with E-state index in [1.165, 1.54) is 6.42 Å². The Kier molecular flexibility index (Phi) is 7.12. The zero-order valence-corrected chi connectivity index (χ0v) is 26.4. The van der Waals surface area contributed by atoms with Crippen molar-refractivity contribution in [2.24, 2.45) is 57.7 Å². The lowest BCUT2D eigenvalue weighted by molar-refractivity contribution is -0.201. The van der Waals surface area contributed by atoms with Gasteiger partial charge in [0.2, 0.25) is 0 Å². The maximum atomic E-state index is 13.9. The highest BCUT2D eigenvalue weighted by Gasteiger charge is 2.62. The summed E-state index contributed by atoms with van der Waals surface area (Å²) in [6.45, 7) is 9.53. The van der Waals surface area contributed by atoms with Crippen LogP contribution in [0.1, 0.15) is 125 Å². The van der Waals surface area contributed by atoms with Gasteiger partial charge in [-0.05, 0) is 126 Å². The fourth-order valence-corrected chi connectivity index (χ4v) is 11.4. The third kappa shape index (κ3) is 5.17. The molecule has 0 amide bonds. The number of carboxylic acids is 1. The number of ether oxygens (including phenoxy) is 1. The van der Waals surface area contributed by atoms with Gasteiger partial charge >= 0.3 is 11.9 Å². The molecule has 8 fully saturated rings. The second-order valence-corrected chi connectivity index (χ2v) is 17.6. The van der Waals surface area contributed by atoms with Crippen LogP contribution in [-0.4, -0.2) is 44.9 Å². The van der Waals surface area contributed by atoms with Crippen LogP contribution in [-0.2, 0) is 23.9 Å². The molecule has 0 spiro atoms. The minimum absolute atomic E-state index is 0.0247. The minimum Gasteiger partial charge on any atom is -0.481 e. The van der Waals surface area contributed by atoms with Crippen LogP contribution in [0.25, 0.3) is 0 Å². The predicted octanol–water partition coefficient (Wildman–Crippen LogP) is 6.14. The summed E-state index contributed by atoms with van der Waals surface area (Å²) in [5, 5.41) is 21.2. The molecule has 0 radical (unpaired) electrons. The van der Waals surface area contributed by atoms with Gasteiger partial charge in [0.15, 0.2) is 0 Å². The molecule has 8 aliphatic carbocycles. The number of aliphatic carboxylic acids is 1. The zero-order valence-electron chi connectivity index (χ0n) is 26.4. The molecule has 2 N–H and O–H groups in total. The van der Waals surface area contributed by atoms with Crippen molar-refractivity contribution in [3.8, 4) is 0 Å². The summed E-state index contributed by atoms with van der Waals surface area (Å²) in [6, 6.07) is 0. The van der Waals surface area contributed by atoms with E-state index in [9.17, 15) is 29.4 Å². The van der Waals surface area contributed by atoms with E-state index in [4.69, 9.17) is 4.74 Å². The molecular formula is C35H52O7. The van der Waals surface area contributed by atoms with Crippen molar-refractivity contribution in [3.63, 3.8) is 0 Å². The number of aliphatic hydroxyl groups is 1. The Bertz CT molecular complexity index is 1130. The van der Waals surface area contributed by atoms with Crippen molar-refractivity contribution in [1.29, 1.82) is 0 Å². The lowest BCUT2D eigenvalue weighted by Gasteiger charge is -2.65. The summed E-state index contributed by atoms with van der Waals surface area (Å²) in [4.78, 5) is 52.5. The van der Waals surface area contributed by atoms with Crippen molar-refractivity contribution in [2.45, 2.75) is 136 Å². The summed E-state index contributed by atoms with van der Waals surface area (Å²) >= 11 is 0. The van der Waals surface area contributed by atoms with Crippen LogP contribution >= 0.6 is 0 Å². The summed E-state index contributed by atoms with van der Waals surface area (Å²) in [6.07, 6.45) is 10.4. The molecule has 0 saturated heterocycles. The van der Waals surface area contributed by atoms with Gasteiger partial charge in [0.25, 0.3) is 0 Å². The van der Waals surface area contributed by atoms with Crippen LogP contribution in [0.3, 0.4) is 0 Å². The van der Waals surface area contributed by atoms with Crippen LogP contribution in [0, 0.1) is 57.7 Å². The van der Waals surface area contributed by atoms with Gasteiger partial charge in [-0.2, -0.15) is 0 Å². The Balaban J connectivity index is 1.16. The van der Waals surface area contributed by atoms with E-state index in [0.717, 1.165) is 51.4 Å². The lowest BCUT2D eigenvalue weighted by atomic mass is 9.41. The molecule has 0 aromatic rings. The molecular weight excluding hydrogens is 532 g/mol. The number of hydrogen-bond acceptors (Lipinski definition) is 6. The first-order valence-electron chi connectivity index (χ1n) is 16.7. The van der Waals surface area contributed by atoms with Crippen molar-refractivity contribution >= 4 is 23.5 Å². The van der Waals surface area contributed by atoms with Crippen LogP contribution in [0.15, 0.2) is 0 Å². The number of carbonyl (C=O) groups excluding carboxylic acids is 3. The zero-order chi connectivity index (χ0) is 30.5. The Hall–Kier alpha value is -1.76. The van der Waals surface area contributed by atoms with Crippen LogP contribution in [0.4, 0.5) is 0 Å². The Morgan fingerprint density at radius 3 is 2.05 bits per heavy atom. The van der Waals surface area contributed by atoms with Gasteiger partial charge in [-0.25, -0.2) is 0 Å². The number of ketones is 2. The second-order valence-electron chi connectivity index (χ2n) is 17.6. The van der Waals surface area contributed by atoms with E-state index in [1.54, 1.807) is 13.8 Å². The smallest absolute Gasteiger partial charge is 0.309 e. The number of carbonyl (C=O) groups is 4. The fourth-order valence-electron chi connectivity index (χ4n) is 11.4. The molecule has 234 valence electrons. The van der Waals surface area contributed by atoms with Crippen LogP contribution < -0.4 is 0 Å². The number of Topliss-reactive ketones (excluding diaryl/α,β-unsaturated/α-hetero) is 2. The first-order chi connectivity index (χ1) is 19.4. The maximum Gasteiger partial charge on any atom is 0.309 e. The highest BCUT2D eigenvalue weighted by molar-refractivity contribution is 5.86. The van der Waals surface area contributed by atoms with Gasteiger partial charge in [-0.15, -0.1) is 0 Å². The summed E-state index contributed by atoms with van der Waals surface area (Å²) in [7, 11) is 0. The number of carboxylic acid groups (broad SMARTS) is 1. The molecule has 8 aliphatic rings. The lowest BCUT2D eigenvalue weighted by Crippen LogP contribution is -2.60. The van der Waals surface area contributed by atoms with Gasteiger partial charge in [-0.3, -0.25) is 19.2 Å². The third-order valence-corrected chi connectivity index (χ3v) is 13.2. The van der Waals surface area contributed by atoms with Crippen molar-refractivity contribution in [3.05, 3.63) is 0 Å². The monoisotopic (exact) mass is 584 g/mol. The van der Waals surface area contributed by atoms with Gasteiger partial charge in [0.05, 0.1) is 16.9 Å². The van der Waals surface area contributed by atoms with E-state index in [0.29, 0.717) is 42.8 Å². The van der Waals surface area contributed by atoms with Gasteiger partial charge in [0.1, 0.15) is 17.2 Å². The van der Waals surface area contributed by atoms with E-state index in [1.807, 2.05) is 6.92 Å². The van der Waals surface area contributed by atoms with Crippen molar-refractivity contribution < 1.29 is 34.1 Å². The average Bonchev–Trinajstić information content (AvgIpc) is 2.84. The normalized spacial score (nSPS) is 41.6. The maximum absolute atomic E-state index is 13.9. The molecule has 8 saturated carbocycles. The number of hydrogen-bond donors (Lipinski definition) is 2. The summed E-state index contributed by atoms with van der Waals surface area (Å²) in [5.74, 6) is -0.618. The quantitative estimate of drug-likeness (QED) is 0.280. The molecule has 0 heterocycles. The van der Waals surface area contributed by atoms with Crippen LogP contribution in [0.5, 0.6) is 0 Å². The standard InChI is InChI=1S/C35H52O7/c1-20(27(36)18-32(4,5)33-10-22-7-23(11-33)13-34(41,12-22)19-33)6-26(15-31(2,3)30(39)40)29(38)42-35-14-21-8-24(16-35)28(37)25(9-21)17-35/h20-26,41H,6-19H2,1-5H3,(H,39,40). The van der Waals surface area contributed by atoms with E-state index in [-0.39, 0.29) is 41.3 Å². The molecule has 7 nitrogen and oxygen atoms in total. The topological polar surface area (TPSA) is 118 Å². The highest BCUT2D eigenvalue weighted by atomic mass is 16.6. The number of esters is 1. The van der Waals surface area contributed by atoms with E-state index in [2.05, 4.69) is 13.8 Å². The first-order valence-corrected chi connectivity index (χ1v) is 16.7. The Morgan fingerprint density at radius 1 is 0.905 bits per heavy atom. The number of rotatable bonds is 11. The Labute approximate surface area is 250 Å². The van der Waals surface area contributed by atoms with Crippen LogP contribution in [0.2, 0.25) is 0 Å². The minimum atomic E-state index is -1.14. The molecule has 42 heavy (non-hydrogen) atoms. The summed E-state index contributed by atoms with van der Waals surface area (Å²) < 4.78 is 6.32. The van der Waals surface area contributed by atoms with Crippen molar-refractivity contribution in [1.82, 2.24) is 0 Å². The van der Waals surface area contributed by atoms with Gasteiger partial charge in [0, 0.05) is 24.2 Å². The predicted molar refractivity (Wildman–Crippen MR) is 156 cm³/mol. The van der Waals surface area contributed by atoms with E-state index >= 15 is 0 Å².